The lowest BCUT2D eigenvalue weighted by Crippen LogP contribution is -2.32. The summed E-state index contributed by atoms with van der Waals surface area (Å²) >= 11 is 0. The lowest BCUT2D eigenvalue weighted by atomic mass is 9.98. The van der Waals surface area contributed by atoms with Crippen LogP contribution in [0, 0.1) is 5.92 Å². The van der Waals surface area contributed by atoms with E-state index in [1.807, 2.05) is 18.2 Å². The summed E-state index contributed by atoms with van der Waals surface area (Å²) in [5.74, 6) is 2.32. The van der Waals surface area contributed by atoms with Crippen LogP contribution in [0.25, 0.3) is 0 Å². The highest BCUT2D eigenvalue weighted by Crippen LogP contribution is 2.29. The van der Waals surface area contributed by atoms with Gasteiger partial charge in [0.1, 0.15) is 11.9 Å². The van der Waals surface area contributed by atoms with Crippen LogP contribution < -0.4 is 10.1 Å². The summed E-state index contributed by atoms with van der Waals surface area (Å²) < 4.78 is 11.3. The fourth-order valence-electron chi connectivity index (χ4n) is 2.70. The minimum Gasteiger partial charge on any atom is -0.497 e. The second-order valence-corrected chi connectivity index (χ2v) is 5.09. The molecule has 0 amide bonds. The van der Waals surface area contributed by atoms with Crippen LogP contribution in [0.5, 0.6) is 5.75 Å². The van der Waals surface area contributed by atoms with Crippen LogP contribution in [0.1, 0.15) is 24.5 Å². The van der Waals surface area contributed by atoms with Gasteiger partial charge in [-0.2, -0.15) is 0 Å². The van der Waals surface area contributed by atoms with Crippen molar-refractivity contribution >= 4 is 5.90 Å². The molecule has 0 aromatic heterocycles. The van der Waals surface area contributed by atoms with E-state index in [0.717, 1.165) is 49.7 Å². The molecule has 1 atom stereocenters. The summed E-state index contributed by atoms with van der Waals surface area (Å²) in [6, 6.07) is 8.06. The molecule has 3 rings (SSSR count). The SMILES string of the molecule is COc1cccc(C2CN=C(C3CCNCC3)O2)c1. The zero-order valence-corrected chi connectivity index (χ0v) is 11.3. The minimum atomic E-state index is 0.0555. The normalized spacial score (nSPS) is 23.8. The van der Waals surface area contributed by atoms with E-state index in [1.165, 1.54) is 0 Å². The molecular formula is C15H20N2O2. The van der Waals surface area contributed by atoms with Gasteiger partial charge in [0.2, 0.25) is 0 Å². The Kier molecular flexibility index (Phi) is 3.69. The summed E-state index contributed by atoms with van der Waals surface area (Å²) in [7, 11) is 1.69. The van der Waals surface area contributed by atoms with E-state index in [-0.39, 0.29) is 6.10 Å². The zero-order chi connectivity index (χ0) is 13.1. The van der Waals surface area contributed by atoms with Crippen molar-refractivity contribution in [3.8, 4) is 5.75 Å². The molecule has 2 aliphatic heterocycles. The van der Waals surface area contributed by atoms with Gasteiger partial charge in [-0.15, -0.1) is 0 Å². The maximum Gasteiger partial charge on any atom is 0.187 e. The maximum absolute atomic E-state index is 6.05. The molecule has 0 saturated carbocycles. The fraction of sp³-hybridized carbons (Fsp3) is 0.533. The molecule has 2 heterocycles. The monoisotopic (exact) mass is 260 g/mol. The second kappa shape index (κ2) is 5.61. The van der Waals surface area contributed by atoms with E-state index >= 15 is 0 Å². The molecule has 1 unspecified atom stereocenters. The van der Waals surface area contributed by atoms with Gasteiger partial charge in [0, 0.05) is 5.92 Å². The Labute approximate surface area is 113 Å². The molecule has 0 aliphatic carbocycles. The lowest BCUT2D eigenvalue weighted by molar-refractivity contribution is 0.207. The first-order valence-electron chi connectivity index (χ1n) is 6.92. The van der Waals surface area contributed by atoms with Crippen molar-refractivity contribution in [3.05, 3.63) is 29.8 Å². The van der Waals surface area contributed by atoms with Crippen molar-refractivity contribution in [2.75, 3.05) is 26.7 Å². The summed E-state index contributed by atoms with van der Waals surface area (Å²) in [6.45, 7) is 2.86. The Balaban J connectivity index is 1.66. The number of aliphatic imine (C=N–C) groups is 1. The predicted octanol–water partition coefficient (Wildman–Crippen LogP) is 2.16. The van der Waals surface area contributed by atoms with Crippen LogP contribution in [-0.4, -0.2) is 32.6 Å². The van der Waals surface area contributed by atoms with Gasteiger partial charge in [-0.1, -0.05) is 12.1 Å². The van der Waals surface area contributed by atoms with E-state index in [4.69, 9.17) is 9.47 Å². The van der Waals surface area contributed by atoms with Gasteiger partial charge in [-0.3, -0.25) is 4.99 Å². The fourth-order valence-corrected chi connectivity index (χ4v) is 2.70. The van der Waals surface area contributed by atoms with Crippen LogP contribution in [0.2, 0.25) is 0 Å². The highest BCUT2D eigenvalue weighted by molar-refractivity contribution is 5.80. The van der Waals surface area contributed by atoms with Crippen LogP contribution in [0.3, 0.4) is 0 Å². The summed E-state index contributed by atoms with van der Waals surface area (Å²) in [6.07, 6.45) is 2.31. The predicted molar refractivity (Wildman–Crippen MR) is 74.7 cm³/mol. The molecule has 1 saturated heterocycles. The minimum absolute atomic E-state index is 0.0555. The molecule has 4 nitrogen and oxygen atoms in total. The van der Waals surface area contributed by atoms with E-state index in [2.05, 4.69) is 16.4 Å². The topological polar surface area (TPSA) is 42.8 Å². The van der Waals surface area contributed by atoms with Crippen molar-refractivity contribution in [2.45, 2.75) is 18.9 Å². The number of nitrogens with zero attached hydrogens (tertiary/aromatic N) is 1. The van der Waals surface area contributed by atoms with Gasteiger partial charge in [-0.25, -0.2) is 0 Å². The second-order valence-electron chi connectivity index (χ2n) is 5.09. The number of hydrogen-bond acceptors (Lipinski definition) is 4. The standard InChI is InChI=1S/C15H20N2O2/c1-18-13-4-2-3-12(9-13)14-10-17-15(19-14)11-5-7-16-8-6-11/h2-4,9,11,14,16H,5-8,10H2,1H3. The molecule has 1 fully saturated rings. The molecule has 19 heavy (non-hydrogen) atoms. The van der Waals surface area contributed by atoms with Gasteiger partial charge in [0.15, 0.2) is 5.90 Å². The average Bonchev–Trinajstić information content (AvgIpc) is 2.98. The van der Waals surface area contributed by atoms with Crippen LogP contribution in [0.15, 0.2) is 29.3 Å². The number of hydrogen-bond donors (Lipinski definition) is 1. The quantitative estimate of drug-likeness (QED) is 0.905. The third-order valence-corrected chi connectivity index (χ3v) is 3.83. The van der Waals surface area contributed by atoms with Crippen LogP contribution in [-0.2, 0) is 4.74 Å². The van der Waals surface area contributed by atoms with E-state index in [0.29, 0.717) is 5.92 Å². The maximum atomic E-state index is 6.05. The van der Waals surface area contributed by atoms with Crippen molar-refractivity contribution in [1.29, 1.82) is 0 Å². The Morgan fingerprint density at radius 3 is 2.95 bits per heavy atom. The molecular weight excluding hydrogens is 240 g/mol. The summed E-state index contributed by atoms with van der Waals surface area (Å²) in [5, 5.41) is 3.37. The molecule has 102 valence electrons. The first-order chi connectivity index (χ1) is 9.36. The number of nitrogens with one attached hydrogen (secondary N) is 1. The van der Waals surface area contributed by atoms with Crippen molar-refractivity contribution < 1.29 is 9.47 Å². The zero-order valence-electron chi connectivity index (χ0n) is 11.3. The molecule has 1 N–H and O–H groups in total. The number of piperidine rings is 1. The van der Waals surface area contributed by atoms with Gasteiger partial charge in [0.05, 0.1) is 13.7 Å². The van der Waals surface area contributed by atoms with Crippen molar-refractivity contribution in [1.82, 2.24) is 5.32 Å². The third-order valence-electron chi connectivity index (χ3n) is 3.83. The first kappa shape index (κ1) is 12.5. The largest absolute Gasteiger partial charge is 0.497 e. The number of ether oxygens (including phenoxy) is 2. The number of methoxy groups -OCH3 is 1. The smallest absolute Gasteiger partial charge is 0.187 e. The Morgan fingerprint density at radius 2 is 2.16 bits per heavy atom. The average molecular weight is 260 g/mol. The van der Waals surface area contributed by atoms with E-state index in [1.54, 1.807) is 7.11 Å². The molecule has 1 aromatic carbocycles. The van der Waals surface area contributed by atoms with E-state index in [9.17, 15) is 0 Å². The van der Waals surface area contributed by atoms with Crippen molar-refractivity contribution in [2.24, 2.45) is 10.9 Å². The number of rotatable bonds is 3. The van der Waals surface area contributed by atoms with E-state index < -0.39 is 0 Å². The molecule has 4 heteroatoms. The summed E-state index contributed by atoms with van der Waals surface area (Å²) in [5.41, 5.74) is 1.15. The van der Waals surface area contributed by atoms with Crippen LogP contribution >= 0.6 is 0 Å². The Hall–Kier alpha value is -1.55. The van der Waals surface area contributed by atoms with Crippen molar-refractivity contribution in [3.63, 3.8) is 0 Å². The number of benzene rings is 1. The highest BCUT2D eigenvalue weighted by Gasteiger charge is 2.28. The van der Waals surface area contributed by atoms with Gasteiger partial charge in [-0.05, 0) is 43.6 Å². The van der Waals surface area contributed by atoms with Gasteiger partial charge >= 0.3 is 0 Å². The molecule has 0 bridgehead atoms. The first-order valence-corrected chi connectivity index (χ1v) is 6.92. The highest BCUT2D eigenvalue weighted by atomic mass is 16.5. The molecule has 0 spiro atoms. The molecule has 1 aromatic rings. The van der Waals surface area contributed by atoms with Gasteiger partial charge < -0.3 is 14.8 Å². The summed E-state index contributed by atoms with van der Waals surface area (Å²) in [4.78, 5) is 4.60. The molecule has 0 radical (unpaired) electrons. The Morgan fingerprint density at radius 1 is 1.32 bits per heavy atom. The van der Waals surface area contributed by atoms with Crippen LogP contribution in [0.4, 0.5) is 0 Å². The third kappa shape index (κ3) is 2.73. The van der Waals surface area contributed by atoms with Gasteiger partial charge in [0.25, 0.3) is 0 Å². The Bertz CT molecular complexity index is 467. The molecule has 2 aliphatic rings. The lowest BCUT2D eigenvalue weighted by Gasteiger charge is -2.23.